The van der Waals surface area contributed by atoms with Crippen molar-refractivity contribution in [1.29, 1.82) is 0 Å². The number of hydrogen-bond acceptors (Lipinski definition) is 5. The Morgan fingerprint density at radius 3 is 2.27 bits per heavy atom. The number of halogens is 1. The largest absolute Gasteiger partial charge is 0.392 e. The smallest absolute Gasteiger partial charge is 0.168 e. The van der Waals surface area contributed by atoms with E-state index in [2.05, 4.69) is 46.6 Å². The van der Waals surface area contributed by atoms with Gasteiger partial charge in [0.15, 0.2) is 12.0 Å². The summed E-state index contributed by atoms with van der Waals surface area (Å²) in [6, 6.07) is 0. The van der Waals surface area contributed by atoms with Crippen molar-refractivity contribution in [1.82, 2.24) is 15.5 Å². The van der Waals surface area contributed by atoms with Crippen LogP contribution in [-0.4, -0.2) is 50.6 Å². The number of allylic oxidation sites excluding steroid dienone is 7. The zero-order valence-corrected chi connectivity index (χ0v) is 19.2. The zero-order chi connectivity index (χ0) is 23.2. The molecule has 0 unspecified atom stereocenters. The third kappa shape index (κ3) is 9.85. The molecular weight excluding hydrogens is 379 g/mol. The van der Waals surface area contributed by atoms with Crippen LogP contribution < -0.4 is 16.4 Å². The van der Waals surface area contributed by atoms with Crippen molar-refractivity contribution >= 4 is 6.29 Å². The topological polar surface area (TPSA) is 80.3 Å². The Morgan fingerprint density at radius 2 is 1.90 bits per heavy atom. The van der Waals surface area contributed by atoms with Crippen LogP contribution >= 0.6 is 0 Å². The van der Waals surface area contributed by atoms with E-state index in [-0.39, 0.29) is 0 Å². The van der Waals surface area contributed by atoms with Gasteiger partial charge in [-0.25, -0.2) is 4.39 Å². The molecule has 0 radical (unpaired) electrons. The number of nitrogens with one attached hydrogen (secondary N) is 2. The van der Waals surface area contributed by atoms with Crippen LogP contribution in [0.3, 0.4) is 0 Å². The minimum atomic E-state index is -1.52. The van der Waals surface area contributed by atoms with Crippen molar-refractivity contribution in [2.45, 2.75) is 39.3 Å². The van der Waals surface area contributed by atoms with Gasteiger partial charge in [0, 0.05) is 44.9 Å². The molecule has 2 aliphatic rings. The highest BCUT2D eigenvalue weighted by molar-refractivity contribution is 5.62. The second kappa shape index (κ2) is 14.5. The van der Waals surface area contributed by atoms with Crippen molar-refractivity contribution in [3.8, 4) is 0 Å². The Morgan fingerprint density at radius 1 is 1.33 bits per heavy atom. The van der Waals surface area contributed by atoms with E-state index >= 15 is 0 Å². The lowest BCUT2D eigenvalue weighted by atomic mass is 9.95. The van der Waals surface area contributed by atoms with Crippen molar-refractivity contribution in [2.24, 2.45) is 5.73 Å². The summed E-state index contributed by atoms with van der Waals surface area (Å²) in [5.74, 6) is 0. The fraction of sp³-hybridized carbons (Fsp3) is 0.458. The Kier molecular flexibility index (Phi) is 13.3. The number of nitrogens with zero attached hydrogens (tertiary/aromatic N) is 1. The van der Waals surface area contributed by atoms with Crippen molar-refractivity contribution in [3.05, 3.63) is 71.8 Å². The van der Waals surface area contributed by atoms with E-state index in [4.69, 9.17) is 0 Å². The summed E-state index contributed by atoms with van der Waals surface area (Å²) in [6.45, 7) is 16.3. The summed E-state index contributed by atoms with van der Waals surface area (Å²) >= 11 is 0. The average molecular weight is 419 g/mol. The second-order valence-corrected chi connectivity index (χ2v) is 6.94. The molecule has 4 N–H and O–H groups in total. The molecule has 0 atom stereocenters. The molecule has 2 rings (SSSR count). The standard InChI is InChI=1S/C15H20N2.C8H14FNO.CH5N/c1-6-13(7-2)14(9-12(4)16-5)8-11(3)15-10-17-15;1-2-10-5-3-8(9,7-11)4-6-10;1-2/h6-10,16-17H,1,3H2,2,4-5H3;7H,2-6H2,1H3;2H2,1H3/b12-9+,13-7-,14-8-;;. The normalized spacial score (nSPS) is 18.4. The summed E-state index contributed by atoms with van der Waals surface area (Å²) in [7, 11) is 3.41. The molecule has 0 amide bonds. The molecule has 6 heteroatoms. The molecule has 0 saturated carbocycles. The van der Waals surface area contributed by atoms with Gasteiger partial charge >= 0.3 is 0 Å². The number of likely N-dealkylation sites (tertiary alicyclic amines) is 1. The Hall–Kier alpha value is -2.44. The van der Waals surface area contributed by atoms with Gasteiger partial charge in [-0.05, 0) is 56.3 Å². The van der Waals surface area contributed by atoms with Crippen molar-refractivity contribution in [3.63, 3.8) is 0 Å². The van der Waals surface area contributed by atoms with Crippen LogP contribution in [0.25, 0.3) is 0 Å². The lowest BCUT2D eigenvalue weighted by Crippen LogP contribution is -2.42. The maximum absolute atomic E-state index is 13.2. The molecule has 0 aliphatic carbocycles. The Labute approximate surface area is 182 Å². The van der Waals surface area contributed by atoms with Gasteiger partial charge in [0.25, 0.3) is 0 Å². The van der Waals surface area contributed by atoms with E-state index in [9.17, 15) is 9.18 Å². The maximum Gasteiger partial charge on any atom is 0.168 e. The molecule has 2 heterocycles. The van der Waals surface area contributed by atoms with E-state index in [1.54, 1.807) is 0 Å². The summed E-state index contributed by atoms with van der Waals surface area (Å²) in [6.07, 6.45) is 11.2. The molecule has 0 aromatic carbocycles. The quantitative estimate of drug-likeness (QED) is 0.413. The highest BCUT2D eigenvalue weighted by atomic mass is 19.1. The van der Waals surface area contributed by atoms with Crippen LogP contribution in [0.15, 0.2) is 71.8 Å². The van der Waals surface area contributed by atoms with Crippen LogP contribution in [0.1, 0.15) is 33.6 Å². The number of hydrogen-bond donors (Lipinski definition) is 3. The van der Waals surface area contributed by atoms with E-state index < -0.39 is 5.67 Å². The molecular formula is C24H39FN4O. The average Bonchev–Trinajstić information content (AvgIpc) is 3.62. The predicted octanol–water partition coefficient (Wildman–Crippen LogP) is 3.75. The highest BCUT2D eigenvalue weighted by Gasteiger charge is 2.33. The first-order valence-electron chi connectivity index (χ1n) is 10.3. The van der Waals surface area contributed by atoms with Crippen LogP contribution in [0.4, 0.5) is 4.39 Å². The fourth-order valence-corrected chi connectivity index (χ4v) is 2.76. The van der Waals surface area contributed by atoms with Gasteiger partial charge in [-0.2, -0.15) is 0 Å². The van der Waals surface area contributed by atoms with Gasteiger partial charge in [0.05, 0.1) is 5.70 Å². The lowest BCUT2D eigenvalue weighted by molar-refractivity contribution is -0.120. The minimum Gasteiger partial charge on any atom is -0.392 e. The minimum absolute atomic E-state index is 0.365. The number of carbonyl (C=O) groups is 1. The van der Waals surface area contributed by atoms with Gasteiger partial charge in [-0.15, -0.1) is 0 Å². The first-order chi connectivity index (χ1) is 14.3. The first-order valence-corrected chi connectivity index (χ1v) is 10.3. The van der Waals surface area contributed by atoms with Gasteiger partial charge in [0.2, 0.25) is 0 Å². The molecule has 1 saturated heterocycles. The molecule has 5 nitrogen and oxygen atoms in total. The van der Waals surface area contributed by atoms with E-state index in [1.165, 1.54) is 7.05 Å². The molecule has 2 aliphatic heterocycles. The maximum atomic E-state index is 13.2. The van der Waals surface area contributed by atoms with Crippen LogP contribution in [0.2, 0.25) is 0 Å². The Balaban J connectivity index is 0.000000557. The SMILES string of the molecule is C=CC(=C/C)/C(=C\C(=C)C1=CN1)/C=C(\C)NC.CCN1CCC(F)(C=O)CC1.CN. The van der Waals surface area contributed by atoms with Crippen molar-refractivity contribution in [2.75, 3.05) is 33.7 Å². The molecule has 0 aromatic rings. The molecule has 168 valence electrons. The monoisotopic (exact) mass is 418 g/mol. The molecule has 0 bridgehead atoms. The molecule has 30 heavy (non-hydrogen) atoms. The third-order valence-corrected chi connectivity index (χ3v) is 4.94. The van der Waals surface area contributed by atoms with E-state index in [0.717, 1.165) is 34.7 Å². The molecule has 1 fully saturated rings. The van der Waals surface area contributed by atoms with Crippen LogP contribution in [0, 0.1) is 0 Å². The number of aldehydes is 1. The lowest BCUT2D eigenvalue weighted by Gasteiger charge is -2.32. The summed E-state index contributed by atoms with van der Waals surface area (Å²) in [5, 5.41) is 6.16. The molecule has 0 spiro atoms. The number of piperidine rings is 1. The fourth-order valence-electron chi connectivity index (χ4n) is 2.76. The summed E-state index contributed by atoms with van der Waals surface area (Å²) in [5.41, 5.74) is 8.36. The van der Waals surface area contributed by atoms with E-state index in [0.29, 0.717) is 32.2 Å². The van der Waals surface area contributed by atoms with Crippen molar-refractivity contribution < 1.29 is 9.18 Å². The molecule has 0 aromatic heterocycles. The Bertz CT molecular complexity index is 696. The highest BCUT2D eigenvalue weighted by Crippen LogP contribution is 2.24. The number of carbonyl (C=O) groups excluding carboxylic acids is 1. The number of alkyl halides is 1. The van der Waals surface area contributed by atoms with E-state index in [1.807, 2.05) is 46.2 Å². The van der Waals surface area contributed by atoms with Gasteiger partial charge in [0.1, 0.15) is 0 Å². The number of nitrogens with two attached hydrogens (primary N) is 1. The summed E-state index contributed by atoms with van der Waals surface area (Å²) < 4.78 is 13.2. The van der Waals surface area contributed by atoms with Gasteiger partial charge < -0.3 is 21.3 Å². The second-order valence-electron chi connectivity index (χ2n) is 6.94. The van der Waals surface area contributed by atoms with Gasteiger partial charge in [-0.1, -0.05) is 32.2 Å². The number of rotatable bonds is 8. The summed E-state index contributed by atoms with van der Waals surface area (Å²) in [4.78, 5) is 12.4. The van der Waals surface area contributed by atoms with Crippen LogP contribution in [-0.2, 0) is 4.79 Å². The zero-order valence-electron chi connectivity index (χ0n) is 19.2. The van der Waals surface area contributed by atoms with Gasteiger partial charge in [-0.3, -0.25) is 4.79 Å². The van der Waals surface area contributed by atoms with Crippen LogP contribution in [0.5, 0.6) is 0 Å². The first kappa shape index (κ1) is 27.6. The predicted molar refractivity (Wildman–Crippen MR) is 127 cm³/mol. The third-order valence-electron chi connectivity index (χ3n) is 4.94.